The molecule has 0 aliphatic carbocycles. The van der Waals surface area contributed by atoms with Gasteiger partial charge in [-0.2, -0.15) is 4.31 Å². The van der Waals surface area contributed by atoms with Gasteiger partial charge in [-0.1, -0.05) is 24.3 Å². The molecule has 2 aromatic carbocycles. The van der Waals surface area contributed by atoms with E-state index in [0.717, 1.165) is 6.42 Å². The third kappa shape index (κ3) is 8.04. The molecule has 3 saturated heterocycles. The van der Waals surface area contributed by atoms with E-state index in [9.17, 15) is 22.4 Å². The van der Waals surface area contributed by atoms with Crippen molar-refractivity contribution in [1.29, 1.82) is 0 Å². The Morgan fingerprint density at radius 2 is 1.83 bits per heavy atom. The number of hydrogen-bond donors (Lipinski definition) is 3. The van der Waals surface area contributed by atoms with Crippen LogP contribution in [0.4, 0.5) is 19.3 Å². The fourth-order valence-electron chi connectivity index (χ4n) is 7.36. The van der Waals surface area contributed by atoms with E-state index < -0.39 is 45.6 Å². The number of ether oxygens (including phenoxy) is 2. The zero-order chi connectivity index (χ0) is 33.0. The minimum atomic E-state index is -3.40. The number of carbonyl (C=O) groups excluding carboxylic acids is 2. The Kier molecular flexibility index (Phi) is 11.0. The van der Waals surface area contributed by atoms with Crippen molar-refractivity contribution >= 4 is 27.7 Å². The van der Waals surface area contributed by atoms with Crippen LogP contribution in [0.1, 0.15) is 63.0 Å². The second kappa shape index (κ2) is 14.7. The van der Waals surface area contributed by atoms with Crippen LogP contribution < -0.4 is 16.0 Å². The number of benzene rings is 2. The number of carbonyl (C=O) groups is 2. The highest BCUT2D eigenvalue weighted by molar-refractivity contribution is 7.89. The highest BCUT2D eigenvalue weighted by Gasteiger charge is 2.41. The zero-order valence-corrected chi connectivity index (χ0v) is 27.3. The number of rotatable bonds is 9. The minimum Gasteiger partial charge on any atom is -0.453 e. The maximum Gasteiger partial charge on any atom is 0.407 e. The van der Waals surface area contributed by atoms with Crippen molar-refractivity contribution < 1.29 is 36.3 Å². The van der Waals surface area contributed by atoms with Crippen molar-refractivity contribution in [1.82, 2.24) is 14.9 Å². The average Bonchev–Trinajstić information content (AvgIpc) is 3.12. The molecule has 13 heteroatoms. The van der Waals surface area contributed by atoms with Gasteiger partial charge < -0.3 is 25.4 Å². The molecule has 3 aliphatic rings. The molecule has 2 amide bonds. The predicted octanol–water partition coefficient (Wildman–Crippen LogP) is 4.31. The summed E-state index contributed by atoms with van der Waals surface area (Å²) in [7, 11) is -2.21. The number of halogens is 2. The fourth-order valence-corrected chi connectivity index (χ4v) is 9.17. The molecule has 3 aliphatic heterocycles. The lowest BCUT2D eigenvalue weighted by Crippen LogP contribution is -2.57. The van der Waals surface area contributed by atoms with Crippen LogP contribution in [0.25, 0.3) is 0 Å². The van der Waals surface area contributed by atoms with Gasteiger partial charge in [0.05, 0.1) is 30.8 Å². The van der Waals surface area contributed by atoms with Crippen LogP contribution in [0.15, 0.2) is 42.5 Å². The standard InChI is InChI=1S/C33H44F2N4O6S/c1-20-16-24(17-21(2)45-20)29(22-9-12-25(34)13-10-22)31(38-33(41)44-3)32(40)37-30-23(6-4-8-28(30)35)11-14-27-18-36-26-7-5-15-46(42,43)39(27)19-26/h4,6,8-10,12-13,20-21,24,26-27,29,31,36H,5,7,11,14-19H2,1-3H3,(H,37,40)(H,38,41)/t20-,21+,24?,26-,27+,29+,31+/m1/s1. The topological polar surface area (TPSA) is 126 Å². The van der Waals surface area contributed by atoms with E-state index >= 15 is 4.39 Å². The van der Waals surface area contributed by atoms with Crippen molar-refractivity contribution in [2.45, 2.75) is 88.6 Å². The third-order valence-corrected chi connectivity index (χ3v) is 11.4. The molecule has 5 rings (SSSR count). The highest BCUT2D eigenvalue weighted by Crippen LogP contribution is 2.39. The summed E-state index contributed by atoms with van der Waals surface area (Å²) in [5.41, 5.74) is 1.11. The van der Waals surface area contributed by atoms with Crippen LogP contribution in [-0.4, -0.2) is 81.0 Å². The van der Waals surface area contributed by atoms with E-state index in [2.05, 4.69) is 16.0 Å². The second-order valence-electron chi connectivity index (χ2n) is 12.8. The SMILES string of the molecule is COC(=O)N[C@H](C(=O)Nc1c(F)cccc1CC[C@H]1CN[C@@H]2CCCS(=O)(=O)N1C2)[C@@H](c1ccc(F)cc1)C1C[C@@H](C)O[C@@H](C)C1. The Morgan fingerprint density at radius 3 is 2.52 bits per heavy atom. The molecule has 0 spiro atoms. The molecular weight excluding hydrogens is 618 g/mol. The first-order chi connectivity index (χ1) is 21.9. The number of amides is 2. The molecule has 0 saturated carbocycles. The lowest BCUT2D eigenvalue weighted by Gasteiger charge is -2.40. The number of nitrogens with one attached hydrogen (secondary N) is 3. The van der Waals surface area contributed by atoms with Gasteiger partial charge in [-0.3, -0.25) is 4.79 Å². The Bertz CT molecular complexity index is 1480. The predicted molar refractivity (Wildman–Crippen MR) is 170 cm³/mol. The fraction of sp³-hybridized carbons (Fsp3) is 0.576. The summed E-state index contributed by atoms with van der Waals surface area (Å²) in [4.78, 5) is 26.8. The Balaban J connectivity index is 1.42. The van der Waals surface area contributed by atoms with E-state index in [1.807, 2.05) is 13.8 Å². The van der Waals surface area contributed by atoms with E-state index in [-0.39, 0.29) is 41.6 Å². The van der Waals surface area contributed by atoms with Gasteiger partial charge in [-0.15, -0.1) is 0 Å². The van der Waals surface area contributed by atoms with E-state index in [4.69, 9.17) is 9.47 Å². The van der Waals surface area contributed by atoms with Crippen molar-refractivity contribution in [2.75, 3.05) is 31.3 Å². The molecule has 10 nitrogen and oxygen atoms in total. The molecule has 0 aromatic heterocycles. The van der Waals surface area contributed by atoms with Gasteiger partial charge in [0, 0.05) is 31.1 Å². The number of alkyl carbamates (subject to hydrolysis) is 1. The first-order valence-corrected chi connectivity index (χ1v) is 17.6. The zero-order valence-electron chi connectivity index (χ0n) is 26.5. The number of para-hydroxylation sites is 1. The van der Waals surface area contributed by atoms with Gasteiger partial charge in [-0.05, 0) is 87.6 Å². The molecule has 252 valence electrons. The highest BCUT2D eigenvalue weighted by atomic mass is 32.2. The van der Waals surface area contributed by atoms with Crippen LogP contribution >= 0.6 is 0 Å². The smallest absolute Gasteiger partial charge is 0.407 e. The van der Waals surface area contributed by atoms with Gasteiger partial charge in [0.25, 0.3) is 0 Å². The summed E-state index contributed by atoms with van der Waals surface area (Å²) in [5, 5.41) is 8.87. The maximum atomic E-state index is 15.5. The van der Waals surface area contributed by atoms with Gasteiger partial charge in [0.2, 0.25) is 15.9 Å². The molecule has 2 unspecified atom stereocenters. The molecule has 2 aromatic rings. The van der Waals surface area contributed by atoms with Crippen LogP contribution in [0.3, 0.4) is 0 Å². The number of anilines is 1. The normalized spacial score (nSPS) is 28.7. The number of fused-ring (bicyclic) bond motifs is 2. The third-order valence-electron chi connectivity index (χ3n) is 9.45. The van der Waals surface area contributed by atoms with Crippen molar-refractivity contribution in [2.24, 2.45) is 5.92 Å². The molecular formula is C33H44F2N4O6S. The monoisotopic (exact) mass is 662 g/mol. The summed E-state index contributed by atoms with van der Waals surface area (Å²) in [6, 6.07) is 8.92. The number of sulfonamides is 1. The van der Waals surface area contributed by atoms with Crippen molar-refractivity contribution in [3.8, 4) is 0 Å². The number of nitrogens with zero attached hydrogens (tertiary/aromatic N) is 1. The molecule has 8 atom stereocenters. The minimum absolute atomic E-state index is 0.0314. The summed E-state index contributed by atoms with van der Waals surface area (Å²) < 4.78 is 67.8. The number of hydrogen-bond acceptors (Lipinski definition) is 7. The quantitative estimate of drug-likeness (QED) is 0.366. The summed E-state index contributed by atoms with van der Waals surface area (Å²) in [6.07, 6.45) is 2.23. The summed E-state index contributed by atoms with van der Waals surface area (Å²) in [6.45, 7) is 4.79. The summed E-state index contributed by atoms with van der Waals surface area (Å²) in [5.74, 6) is -2.40. The maximum absolute atomic E-state index is 15.5. The number of methoxy groups -OCH3 is 1. The Hall–Kier alpha value is -3.13. The van der Waals surface area contributed by atoms with Crippen LogP contribution in [0.2, 0.25) is 0 Å². The van der Waals surface area contributed by atoms with E-state index in [1.165, 1.54) is 25.3 Å². The van der Waals surface area contributed by atoms with Crippen LogP contribution in [0.5, 0.6) is 0 Å². The van der Waals surface area contributed by atoms with Gasteiger partial charge in [0.1, 0.15) is 17.7 Å². The molecule has 2 bridgehead atoms. The molecule has 0 radical (unpaired) electrons. The first-order valence-electron chi connectivity index (χ1n) is 16.0. The number of piperazine rings is 1. The van der Waals surface area contributed by atoms with E-state index in [0.29, 0.717) is 56.3 Å². The molecule has 3 fully saturated rings. The summed E-state index contributed by atoms with van der Waals surface area (Å²) >= 11 is 0. The van der Waals surface area contributed by atoms with Crippen molar-refractivity contribution in [3.63, 3.8) is 0 Å². The van der Waals surface area contributed by atoms with Crippen molar-refractivity contribution in [3.05, 3.63) is 65.2 Å². The first kappa shape index (κ1) is 34.2. The largest absolute Gasteiger partial charge is 0.453 e. The van der Waals surface area contributed by atoms with Gasteiger partial charge >= 0.3 is 6.09 Å². The van der Waals surface area contributed by atoms with Gasteiger partial charge in [-0.25, -0.2) is 22.0 Å². The lowest BCUT2D eigenvalue weighted by atomic mass is 9.74. The number of aryl methyl sites for hydroxylation is 1. The van der Waals surface area contributed by atoms with Crippen LogP contribution in [-0.2, 0) is 30.7 Å². The van der Waals surface area contributed by atoms with Gasteiger partial charge in [0.15, 0.2) is 0 Å². The molecule has 46 heavy (non-hydrogen) atoms. The van der Waals surface area contributed by atoms with E-state index in [1.54, 1.807) is 28.6 Å². The Labute approximate surface area is 269 Å². The van der Waals surface area contributed by atoms with Crippen LogP contribution in [0, 0.1) is 17.6 Å². The Morgan fingerprint density at radius 1 is 1.11 bits per heavy atom. The molecule has 3 N–H and O–H groups in total. The lowest BCUT2D eigenvalue weighted by molar-refractivity contribution is -0.120. The second-order valence-corrected chi connectivity index (χ2v) is 14.8. The average molecular weight is 663 g/mol. The molecule has 3 heterocycles.